The van der Waals surface area contributed by atoms with E-state index in [0.29, 0.717) is 23.9 Å². The number of hydrogen-bond donors (Lipinski definition) is 1. The van der Waals surface area contributed by atoms with Gasteiger partial charge in [-0.2, -0.15) is 0 Å². The molecule has 3 aromatic rings. The van der Waals surface area contributed by atoms with Crippen LogP contribution in [-0.2, 0) is 16.3 Å². The Kier molecular flexibility index (Phi) is 4.04. The van der Waals surface area contributed by atoms with Crippen LogP contribution in [0.2, 0.25) is 0 Å². The van der Waals surface area contributed by atoms with Gasteiger partial charge in [0.05, 0.1) is 9.79 Å². The molecule has 0 radical (unpaired) electrons. The molecule has 1 aliphatic heterocycles. The summed E-state index contributed by atoms with van der Waals surface area (Å²) >= 11 is 0. The van der Waals surface area contributed by atoms with E-state index >= 15 is 0 Å². The molecule has 1 atom stereocenters. The molecule has 1 aliphatic rings. The van der Waals surface area contributed by atoms with Gasteiger partial charge in [-0.05, 0) is 36.8 Å². The van der Waals surface area contributed by atoms with Crippen molar-refractivity contribution in [1.82, 2.24) is 5.32 Å². The zero-order valence-electron chi connectivity index (χ0n) is 13.4. The van der Waals surface area contributed by atoms with Gasteiger partial charge in [-0.15, -0.1) is 0 Å². The van der Waals surface area contributed by atoms with Crippen molar-refractivity contribution in [1.29, 1.82) is 0 Å². The van der Waals surface area contributed by atoms with Gasteiger partial charge in [0, 0.05) is 23.6 Å². The van der Waals surface area contributed by atoms with Gasteiger partial charge >= 0.3 is 0 Å². The number of hydrogen-bond acceptors (Lipinski definition) is 4. The SMILES string of the molecule is O=S(=O)(c1cccc(F)c1)c1ccc2c3c(oc2c1)C(C(F)F)NCC3. The van der Waals surface area contributed by atoms with Gasteiger partial charge in [0.15, 0.2) is 0 Å². The molecule has 2 heterocycles. The van der Waals surface area contributed by atoms with E-state index in [0.717, 1.165) is 12.1 Å². The molecule has 0 amide bonds. The summed E-state index contributed by atoms with van der Waals surface area (Å²) in [6.45, 7) is 0.389. The molecule has 0 bridgehead atoms. The molecule has 1 N–H and O–H groups in total. The molecule has 0 saturated carbocycles. The first-order valence-electron chi connectivity index (χ1n) is 7.95. The van der Waals surface area contributed by atoms with Crippen LogP contribution in [0.4, 0.5) is 13.2 Å². The molecular formula is C18H14F3NO3S. The van der Waals surface area contributed by atoms with E-state index in [-0.39, 0.29) is 21.1 Å². The molecule has 0 fully saturated rings. The third-order valence-corrected chi connectivity index (χ3v) is 6.23. The van der Waals surface area contributed by atoms with E-state index in [9.17, 15) is 21.6 Å². The Hall–Kier alpha value is -2.32. The number of benzene rings is 2. The summed E-state index contributed by atoms with van der Waals surface area (Å²) in [6, 6.07) is 7.72. The lowest BCUT2D eigenvalue weighted by Crippen LogP contribution is -2.33. The van der Waals surface area contributed by atoms with Crippen molar-refractivity contribution in [3.63, 3.8) is 0 Å². The van der Waals surface area contributed by atoms with Crippen molar-refractivity contribution in [3.8, 4) is 0 Å². The van der Waals surface area contributed by atoms with E-state index in [2.05, 4.69) is 5.32 Å². The van der Waals surface area contributed by atoms with Crippen molar-refractivity contribution in [2.75, 3.05) is 6.54 Å². The quantitative estimate of drug-likeness (QED) is 0.749. The Morgan fingerprint density at radius 3 is 2.62 bits per heavy atom. The van der Waals surface area contributed by atoms with Crippen molar-refractivity contribution in [2.45, 2.75) is 28.7 Å². The summed E-state index contributed by atoms with van der Waals surface area (Å²) in [6.07, 6.45) is -2.12. The first-order chi connectivity index (χ1) is 12.4. The Balaban J connectivity index is 1.84. The molecule has 0 saturated heterocycles. The highest BCUT2D eigenvalue weighted by molar-refractivity contribution is 7.91. The average molecular weight is 381 g/mol. The maximum Gasteiger partial charge on any atom is 0.260 e. The zero-order valence-corrected chi connectivity index (χ0v) is 14.2. The van der Waals surface area contributed by atoms with Crippen LogP contribution in [0, 0.1) is 5.82 Å². The predicted molar refractivity (Wildman–Crippen MR) is 88.5 cm³/mol. The van der Waals surface area contributed by atoms with Crippen LogP contribution in [0.3, 0.4) is 0 Å². The Morgan fingerprint density at radius 2 is 1.88 bits per heavy atom. The average Bonchev–Trinajstić information content (AvgIpc) is 2.99. The van der Waals surface area contributed by atoms with E-state index < -0.39 is 28.1 Å². The smallest absolute Gasteiger partial charge is 0.260 e. The van der Waals surface area contributed by atoms with Gasteiger partial charge in [0.2, 0.25) is 9.84 Å². The molecule has 2 aromatic carbocycles. The lowest BCUT2D eigenvalue weighted by molar-refractivity contribution is 0.0852. The minimum absolute atomic E-state index is 0.0803. The fourth-order valence-electron chi connectivity index (χ4n) is 3.24. The Bertz CT molecular complexity index is 1090. The van der Waals surface area contributed by atoms with Crippen molar-refractivity contribution >= 4 is 20.8 Å². The third-order valence-electron chi connectivity index (χ3n) is 4.49. The predicted octanol–water partition coefficient (Wildman–Crippen LogP) is 3.86. The van der Waals surface area contributed by atoms with Gasteiger partial charge in [-0.25, -0.2) is 21.6 Å². The Labute approximate surface area is 147 Å². The largest absolute Gasteiger partial charge is 0.459 e. The van der Waals surface area contributed by atoms with Gasteiger partial charge < -0.3 is 9.73 Å². The summed E-state index contributed by atoms with van der Waals surface area (Å²) in [7, 11) is -3.95. The van der Waals surface area contributed by atoms with Gasteiger partial charge in [-0.3, -0.25) is 0 Å². The van der Waals surface area contributed by atoms with Crippen LogP contribution >= 0.6 is 0 Å². The molecule has 8 heteroatoms. The monoisotopic (exact) mass is 381 g/mol. The van der Waals surface area contributed by atoms with Crippen LogP contribution < -0.4 is 5.32 Å². The molecule has 26 heavy (non-hydrogen) atoms. The number of nitrogens with one attached hydrogen (secondary N) is 1. The number of halogens is 3. The molecule has 0 aliphatic carbocycles. The summed E-state index contributed by atoms with van der Waals surface area (Å²) in [5.74, 6) is -0.520. The highest BCUT2D eigenvalue weighted by Gasteiger charge is 2.33. The number of fused-ring (bicyclic) bond motifs is 3. The maximum absolute atomic E-state index is 13.4. The van der Waals surface area contributed by atoms with Crippen molar-refractivity contribution in [2.24, 2.45) is 0 Å². The summed E-state index contributed by atoms with van der Waals surface area (Å²) < 4.78 is 70.8. The number of alkyl halides is 2. The number of furan rings is 1. The minimum atomic E-state index is -3.95. The molecule has 0 spiro atoms. The third kappa shape index (κ3) is 2.69. The lowest BCUT2D eigenvalue weighted by Gasteiger charge is -2.21. The zero-order chi connectivity index (χ0) is 18.5. The maximum atomic E-state index is 13.4. The van der Waals surface area contributed by atoms with Crippen LogP contribution in [0.15, 0.2) is 56.7 Å². The second-order valence-corrected chi connectivity index (χ2v) is 8.03. The van der Waals surface area contributed by atoms with Gasteiger partial charge in [-0.1, -0.05) is 6.07 Å². The fourth-order valence-corrected chi connectivity index (χ4v) is 4.55. The highest BCUT2D eigenvalue weighted by atomic mass is 32.2. The minimum Gasteiger partial charge on any atom is -0.459 e. The molecule has 4 nitrogen and oxygen atoms in total. The summed E-state index contributed by atoms with van der Waals surface area (Å²) in [5, 5.41) is 3.33. The molecule has 1 aromatic heterocycles. The molecule has 1 unspecified atom stereocenters. The van der Waals surface area contributed by atoms with Gasteiger partial charge in [0.1, 0.15) is 23.2 Å². The van der Waals surface area contributed by atoms with E-state index in [1.165, 1.54) is 24.3 Å². The number of rotatable bonds is 3. The second-order valence-electron chi connectivity index (χ2n) is 6.08. The summed E-state index contributed by atoms with van der Waals surface area (Å²) in [4.78, 5) is -0.261. The standard InChI is InChI=1S/C18H14F3NO3S/c19-10-2-1-3-11(8-10)26(23,24)12-4-5-13-14-6-7-22-16(18(20)21)17(14)25-15(13)9-12/h1-5,8-9,16,18,22H,6-7H2. The summed E-state index contributed by atoms with van der Waals surface area (Å²) in [5.41, 5.74) is 0.889. The van der Waals surface area contributed by atoms with Crippen molar-refractivity contribution < 1.29 is 26.0 Å². The highest BCUT2D eigenvalue weighted by Crippen LogP contribution is 2.37. The Morgan fingerprint density at radius 1 is 1.12 bits per heavy atom. The molecule has 136 valence electrons. The first kappa shape index (κ1) is 17.1. The van der Waals surface area contributed by atoms with E-state index in [4.69, 9.17) is 4.42 Å². The fraction of sp³-hybridized carbons (Fsp3) is 0.222. The van der Waals surface area contributed by atoms with Crippen LogP contribution in [0.5, 0.6) is 0 Å². The van der Waals surface area contributed by atoms with E-state index in [1.807, 2.05) is 0 Å². The second kappa shape index (κ2) is 6.14. The lowest BCUT2D eigenvalue weighted by atomic mass is 10.00. The number of sulfone groups is 1. The van der Waals surface area contributed by atoms with Gasteiger partial charge in [0.25, 0.3) is 6.43 Å². The van der Waals surface area contributed by atoms with Crippen LogP contribution in [0.1, 0.15) is 17.4 Å². The normalized spacial score (nSPS) is 17.6. The molecule has 4 rings (SSSR count). The first-order valence-corrected chi connectivity index (χ1v) is 9.44. The van der Waals surface area contributed by atoms with Crippen molar-refractivity contribution in [3.05, 3.63) is 59.6 Å². The molecular weight excluding hydrogens is 367 g/mol. The van der Waals surface area contributed by atoms with E-state index in [1.54, 1.807) is 6.07 Å². The van der Waals surface area contributed by atoms with Crippen LogP contribution in [-0.4, -0.2) is 21.4 Å². The van der Waals surface area contributed by atoms with Crippen LogP contribution in [0.25, 0.3) is 11.0 Å². The topological polar surface area (TPSA) is 59.3 Å².